The Morgan fingerprint density at radius 1 is 0.935 bits per heavy atom. The second-order valence-corrected chi connectivity index (χ2v) is 7.37. The Morgan fingerprint density at radius 2 is 1.55 bits per heavy atom. The number of hydrogen-bond donors (Lipinski definition) is 2. The molecule has 2 rings (SSSR count). The summed E-state index contributed by atoms with van der Waals surface area (Å²) in [7, 11) is 6.64. The van der Waals surface area contributed by atoms with Crippen molar-refractivity contribution in [3.63, 3.8) is 0 Å². The molecule has 0 spiro atoms. The summed E-state index contributed by atoms with van der Waals surface area (Å²) in [4.78, 5) is 9.41. The minimum Gasteiger partial charge on any atom is -0.493 e. The number of halogens is 1. The molecule has 0 radical (unpaired) electrons. The molecule has 0 atom stereocenters. The maximum atomic E-state index is 5.42. The van der Waals surface area contributed by atoms with Crippen molar-refractivity contribution in [1.82, 2.24) is 20.4 Å². The number of hydrogen-bond acceptors (Lipinski definition) is 6. The Morgan fingerprint density at radius 3 is 2.06 bits per heavy atom. The number of nitrogens with one attached hydrogen (secondary N) is 2. The zero-order valence-corrected chi connectivity index (χ0v) is 22.0. The fraction of sp³-hybridized carbons (Fsp3) is 0.682. The summed E-state index contributed by atoms with van der Waals surface area (Å²) in [6.07, 6.45) is 2.32. The minimum absolute atomic E-state index is 0. The molecular formula is C22H40IN5O3. The zero-order chi connectivity index (χ0) is 21.8. The third kappa shape index (κ3) is 8.89. The van der Waals surface area contributed by atoms with E-state index in [1.54, 1.807) is 28.4 Å². The predicted octanol–water partition coefficient (Wildman–Crippen LogP) is 2.41. The van der Waals surface area contributed by atoms with Gasteiger partial charge in [0.2, 0.25) is 5.75 Å². The first-order valence-corrected chi connectivity index (χ1v) is 10.8. The van der Waals surface area contributed by atoms with E-state index < -0.39 is 0 Å². The summed E-state index contributed by atoms with van der Waals surface area (Å²) in [5.41, 5.74) is 1.03. The van der Waals surface area contributed by atoms with E-state index in [9.17, 15) is 0 Å². The largest absolute Gasteiger partial charge is 0.493 e. The number of ether oxygens (including phenoxy) is 3. The minimum atomic E-state index is 0. The molecule has 1 aromatic carbocycles. The maximum Gasteiger partial charge on any atom is 0.203 e. The molecule has 1 aliphatic rings. The van der Waals surface area contributed by atoms with Gasteiger partial charge in [0.1, 0.15) is 0 Å². The molecule has 178 valence electrons. The summed E-state index contributed by atoms with van der Waals surface area (Å²) in [6, 6.07) is 3.89. The molecule has 31 heavy (non-hydrogen) atoms. The molecule has 0 amide bonds. The zero-order valence-electron chi connectivity index (χ0n) is 19.7. The van der Waals surface area contributed by atoms with Gasteiger partial charge in [0.15, 0.2) is 17.5 Å². The standard InChI is InChI=1S/C22H39N5O3.HI/c1-6-26-11-13-27(14-12-26)10-8-7-9-24-22(23-2)25-17-18-15-19(28-3)21(30-5)20(16-18)29-4;/h15-16H,6-14,17H2,1-5H3,(H2,23,24,25);1H. The number of rotatable bonds is 11. The number of methoxy groups -OCH3 is 3. The van der Waals surface area contributed by atoms with Gasteiger partial charge in [0, 0.05) is 46.3 Å². The van der Waals surface area contributed by atoms with E-state index in [1.165, 1.54) is 45.7 Å². The van der Waals surface area contributed by atoms with Gasteiger partial charge in [-0.15, -0.1) is 24.0 Å². The summed E-state index contributed by atoms with van der Waals surface area (Å²) >= 11 is 0. The van der Waals surface area contributed by atoms with E-state index in [4.69, 9.17) is 14.2 Å². The van der Waals surface area contributed by atoms with Crippen molar-refractivity contribution in [3.05, 3.63) is 17.7 Å². The third-order valence-electron chi connectivity index (χ3n) is 5.51. The van der Waals surface area contributed by atoms with Crippen LogP contribution in [-0.2, 0) is 6.54 Å². The van der Waals surface area contributed by atoms with Gasteiger partial charge in [0.05, 0.1) is 21.3 Å². The molecule has 0 aliphatic carbocycles. The van der Waals surface area contributed by atoms with Crippen molar-refractivity contribution >= 4 is 29.9 Å². The van der Waals surface area contributed by atoms with Crippen LogP contribution in [0.2, 0.25) is 0 Å². The van der Waals surface area contributed by atoms with Crippen LogP contribution in [0.25, 0.3) is 0 Å². The third-order valence-corrected chi connectivity index (χ3v) is 5.51. The van der Waals surface area contributed by atoms with Gasteiger partial charge in [-0.25, -0.2) is 0 Å². The van der Waals surface area contributed by atoms with Gasteiger partial charge < -0.3 is 34.6 Å². The molecule has 0 saturated carbocycles. The predicted molar refractivity (Wildman–Crippen MR) is 138 cm³/mol. The van der Waals surface area contributed by atoms with Crippen molar-refractivity contribution in [3.8, 4) is 17.2 Å². The Balaban J connectivity index is 0.00000480. The molecule has 2 N–H and O–H groups in total. The first-order chi connectivity index (χ1) is 14.6. The fourth-order valence-electron chi connectivity index (χ4n) is 3.64. The first-order valence-electron chi connectivity index (χ1n) is 10.8. The van der Waals surface area contributed by atoms with E-state index >= 15 is 0 Å². The molecule has 1 fully saturated rings. The Bertz CT molecular complexity index is 642. The average Bonchev–Trinajstić information content (AvgIpc) is 2.80. The van der Waals surface area contributed by atoms with E-state index in [1.807, 2.05) is 12.1 Å². The average molecular weight is 549 g/mol. The molecule has 9 heteroatoms. The number of benzene rings is 1. The van der Waals surface area contributed by atoms with Gasteiger partial charge in [-0.2, -0.15) is 0 Å². The summed E-state index contributed by atoms with van der Waals surface area (Å²) in [5.74, 6) is 2.69. The van der Waals surface area contributed by atoms with Crippen LogP contribution in [0.15, 0.2) is 17.1 Å². The topological polar surface area (TPSA) is 70.6 Å². The van der Waals surface area contributed by atoms with E-state index in [0.29, 0.717) is 23.8 Å². The smallest absolute Gasteiger partial charge is 0.203 e. The molecule has 0 unspecified atom stereocenters. The molecule has 0 bridgehead atoms. The molecule has 1 saturated heterocycles. The van der Waals surface area contributed by atoms with Gasteiger partial charge in [-0.1, -0.05) is 6.92 Å². The second-order valence-electron chi connectivity index (χ2n) is 7.37. The van der Waals surface area contributed by atoms with Crippen LogP contribution in [0, 0.1) is 0 Å². The van der Waals surface area contributed by atoms with Gasteiger partial charge in [-0.3, -0.25) is 4.99 Å². The highest BCUT2D eigenvalue weighted by Gasteiger charge is 2.15. The number of piperazine rings is 1. The van der Waals surface area contributed by atoms with Gasteiger partial charge >= 0.3 is 0 Å². The molecule has 8 nitrogen and oxygen atoms in total. The second kappa shape index (κ2) is 15.4. The monoisotopic (exact) mass is 549 g/mol. The number of unbranched alkanes of at least 4 members (excludes halogenated alkanes) is 1. The normalized spacial score (nSPS) is 15.2. The van der Waals surface area contributed by atoms with Crippen molar-refractivity contribution in [2.24, 2.45) is 4.99 Å². The van der Waals surface area contributed by atoms with Crippen molar-refractivity contribution in [2.45, 2.75) is 26.3 Å². The van der Waals surface area contributed by atoms with Crippen molar-refractivity contribution in [1.29, 1.82) is 0 Å². The van der Waals surface area contributed by atoms with E-state index in [-0.39, 0.29) is 24.0 Å². The quantitative estimate of drug-likeness (QED) is 0.190. The molecular weight excluding hydrogens is 509 g/mol. The lowest BCUT2D eigenvalue weighted by Gasteiger charge is -2.34. The van der Waals surface area contributed by atoms with E-state index in [2.05, 4.69) is 32.3 Å². The summed E-state index contributed by atoms with van der Waals surface area (Å²) in [5, 5.41) is 6.75. The Hall–Kier alpha value is -1.46. The lowest BCUT2D eigenvalue weighted by atomic mass is 10.2. The van der Waals surface area contributed by atoms with Crippen LogP contribution in [0.3, 0.4) is 0 Å². The first kappa shape index (κ1) is 27.6. The lowest BCUT2D eigenvalue weighted by Crippen LogP contribution is -2.46. The van der Waals surface area contributed by atoms with E-state index in [0.717, 1.165) is 24.5 Å². The van der Waals surface area contributed by atoms with Crippen LogP contribution in [0.4, 0.5) is 0 Å². The molecule has 1 aromatic rings. The SMILES string of the molecule is CCN1CCN(CCCCNC(=NC)NCc2cc(OC)c(OC)c(OC)c2)CC1.I. The van der Waals surface area contributed by atoms with Crippen LogP contribution in [0.5, 0.6) is 17.2 Å². The number of aliphatic imine (C=N–C) groups is 1. The summed E-state index contributed by atoms with van der Waals surface area (Å²) < 4.78 is 16.2. The fourth-order valence-corrected chi connectivity index (χ4v) is 3.64. The highest BCUT2D eigenvalue weighted by Crippen LogP contribution is 2.38. The highest BCUT2D eigenvalue weighted by molar-refractivity contribution is 14.0. The summed E-state index contributed by atoms with van der Waals surface area (Å²) in [6.45, 7) is 10.9. The number of guanidine groups is 1. The van der Waals surface area contributed by atoms with Crippen LogP contribution < -0.4 is 24.8 Å². The van der Waals surface area contributed by atoms with Gasteiger partial charge in [-0.05, 0) is 43.6 Å². The Labute approximate surface area is 204 Å². The van der Waals surface area contributed by atoms with Crippen LogP contribution >= 0.6 is 24.0 Å². The highest BCUT2D eigenvalue weighted by atomic mass is 127. The Kier molecular flexibility index (Phi) is 13.7. The van der Waals surface area contributed by atoms with Gasteiger partial charge in [0.25, 0.3) is 0 Å². The van der Waals surface area contributed by atoms with Crippen LogP contribution in [-0.4, -0.2) is 89.9 Å². The van der Waals surface area contributed by atoms with Crippen LogP contribution in [0.1, 0.15) is 25.3 Å². The lowest BCUT2D eigenvalue weighted by molar-refractivity contribution is 0.136. The number of nitrogens with zero attached hydrogens (tertiary/aromatic N) is 3. The maximum absolute atomic E-state index is 5.42. The molecule has 0 aromatic heterocycles. The molecule has 1 heterocycles. The number of likely N-dealkylation sites (N-methyl/N-ethyl adjacent to an activating group) is 1. The van der Waals surface area contributed by atoms with Crippen molar-refractivity contribution < 1.29 is 14.2 Å². The van der Waals surface area contributed by atoms with Crippen molar-refractivity contribution in [2.75, 3.05) is 74.2 Å². The molecule has 1 aliphatic heterocycles.